The van der Waals surface area contributed by atoms with Crippen molar-refractivity contribution in [2.24, 2.45) is 0 Å². The second kappa shape index (κ2) is 7.20. The third-order valence-corrected chi connectivity index (χ3v) is 2.90. The van der Waals surface area contributed by atoms with Crippen LogP contribution in [0.25, 0.3) is 0 Å². The van der Waals surface area contributed by atoms with Crippen LogP contribution in [-0.4, -0.2) is 23.5 Å². The summed E-state index contributed by atoms with van der Waals surface area (Å²) in [5.74, 6) is -1.23. The Morgan fingerprint density at radius 2 is 2.14 bits per heavy atom. The molecule has 0 aliphatic heterocycles. The molecule has 0 fully saturated rings. The van der Waals surface area contributed by atoms with Crippen LogP contribution in [0.5, 0.6) is 0 Å². The lowest BCUT2D eigenvalue weighted by Crippen LogP contribution is -2.21. The Labute approximate surface area is 131 Å². The second-order valence-electron chi connectivity index (χ2n) is 4.16. The van der Waals surface area contributed by atoms with Gasteiger partial charge in [-0.2, -0.15) is 5.26 Å². The zero-order chi connectivity index (χ0) is 15.9. The van der Waals surface area contributed by atoms with E-state index in [0.717, 1.165) is 0 Å². The number of carbonyl (C=O) groups is 2. The van der Waals surface area contributed by atoms with Gasteiger partial charge in [-0.05, 0) is 30.3 Å². The summed E-state index contributed by atoms with van der Waals surface area (Å²) in [4.78, 5) is 27.3. The lowest BCUT2D eigenvalue weighted by atomic mass is 10.1. The predicted molar refractivity (Wildman–Crippen MR) is 79.3 cm³/mol. The lowest BCUT2D eigenvalue weighted by Gasteiger charge is -2.07. The highest BCUT2D eigenvalue weighted by atomic mass is 35.5. The number of esters is 1. The van der Waals surface area contributed by atoms with Gasteiger partial charge in [0.1, 0.15) is 0 Å². The number of nitriles is 1. The van der Waals surface area contributed by atoms with Crippen molar-refractivity contribution in [3.63, 3.8) is 0 Å². The molecule has 0 atom stereocenters. The SMILES string of the molecule is N#Cc1cccc(C(=O)OCC(=O)Nc2cccnc2Cl)c1. The molecule has 0 bridgehead atoms. The van der Waals surface area contributed by atoms with Crippen molar-refractivity contribution in [3.05, 3.63) is 58.9 Å². The summed E-state index contributed by atoms with van der Waals surface area (Å²) < 4.78 is 4.88. The molecular weight excluding hydrogens is 306 g/mol. The smallest absolute Gasteiger partial charge is 0.338 e. The number of nitrogens with one attached hydrogen (secondary N) is 1. The Kier molecular flexibility index (Phi) is 5.07. The first-order chi connectivity index (χ1) is 10.6. The fourth-order valence-electron chi connectivity index (χ4n) is 1.60. The Morgan fingerprint density at radius 3 is 2.86 bits per heavy atom. The molecule has 0 saturated carbocycles. The topological polar surface area (TPSA) is 92.1 Å². The predicted octanol–water partition coefficient (Wildman–Crippen LogP) is 2.40. The zero-order valence-electron chi connectivity index (χ0n) is 11.2. The molecule has 2 aromatic rings. The Hall–Kier alpha value is -2.91. The summed E-state index contributed by atoms with van der Waals surface area (Å²) >= 11 is 5.80. The number of benzene rings is 1. The monoisotopic (exact) mass is 315 g/mol. The number of amides is 1. The number of rotatable bonds is 4. The van der Waals surface area contributed by atoms with Crippen LogP contribution >= 0.6 is 11.6 Å². The number of aromatic nitrogens is 1. The van der Waals surface area contributed by atoms with Crippen LogP contribution in [0.4, 0.5) is 5.69 Å². The number of hydrogen-bond acceptors (Lipinski definition) is 5. The molecular formula is C15H10ClN3O3. The van der Waals surface area contributed by atoms with E-state index in [9.17, 15) is 9.59 Å². The maximum absolute atomic E-state index is 11.8. The van der Waals surface area contributed by atoms with Gasteiger partial charge in [0, 0.05) is 6.20 Å². The minimum atomic E-state index is -0.690. The summed E-state index contributed by atoms with van der Waals surface area (Å²) in [6.45, 7) is -0.471. The zero-order valence-corrected chi connectivity index (χ0v) is 12.0. The van der Waals surface area contributed by atoms with Gasteiger partial charge < -0.3 is 10.1 Å². The first-order valence-corrected chi connectivity index (χ1v) is 6.55. The van der Waals surface area contributed by atoms with E-state index in [2.05, 4.69) is 10.3 Å². The van der Waals surface area contributed by atoms with Gasteiger partial charge in [-0.3, -0.25) is 4.79 Å². The first-order valence-electron chi connectivity index (χ1n) is 6.18. The van der Waals surface area contributed by atoms with Crippen LogP contribution < -0.4 is 5.32 Å². The molecule has 6 nitrogen and oxygen atoms in total. The average molecular weight is 316 g/mol. The minimum absolute atomic E-state index is 0.142. The molecule has 1 heterocycles. The van der Waals surface area contributed by atoms with Crippen LogP contribution in [0.3, 0.4) is 0 Å². The normalized spacial score (nSPS) is 9.64. The summed E-state index contributed by atoms with van der Waals surface area (Å²) in [6.07, 6.45) is 1.49. The minimum Gasteiger partial charge on any atom is -0.452 e. The van der Waals surface area contributed by atoms with E-state index in [1.807, 2.05) is 6.07 Å². The van der Waals surface area contributed by atoms with E-state index >= 15 is 0 Å². The molecule has 1 aromatic heterocycles. The number of ether oxygens (including phenoxy) is 1. The number of nitrogens with zero attached hydrogens (tertiary/aromatic N) is 2. The number of carbonyl (C=O) groups excluding carboxylic acids is 2. The van der Waals surface area contributed by atoms with Gasteiger partial charge in [0.05, 0.1) is 22.9 Å². The molecule has 1 aromatic carbocycles. The van der Waals surface area contributed by atoms with Crippen molar-refractivity contribution in [2.75, 3.05) is 11.9 Å². The maximum Gasteiger partial charge on any atom is 0.338 e. The van der Waals surface area contributed by atoms with Gasteiger partial charge in [0.25, 0.3) is 5.91 Å². The molecule has 110 valence electrons. The molecule has 0 spiro atoms. The molecule has 1 N–H and O–H groups in total. The summed E-state index contributed by atoms with van der Waals surface area (Å²) in [5.41, 5.74) is 0.865. The molecule has 1 amide bonds. The van der Waals surface area contributed by atoms with Gasteiger partial charge in [-0.25, -0.2) is 9.78 Å². The number of pyridine rings is 1. The summed E-state index contributed by atoms with van der Waals surface area (Å²) in [5, 5.41) is 11.4. The van der Waals surface area contributed by atoms with Gasteiger partial charge in [-0.15, -0.1) is 0 Å². The molecule has 0 radical (unpaired) electrons. The molecule has 2 rings (SSSR count). The van der Waals surface area contributed by atoms with Crippen molar-refractivity contribution in [1.29, 1.82) is 5.26 Å². The fraction of sp³-hybridized carbons (Fsp3) is 0.0667. The molecule has 22 heavy (non-hydrogen) atoms. The number of hydrogen-bond donors (Lipinski definition) is 1. The van der Waals surface area contributed by atoms with Crippen molar-refractivity contribution in [2.45, 2.75) is 0 Å². The molecule has 0 aliphatic carbocycles. The van der Waals surface area contributed by atoms with Gasteiger partial charge >= 0.3 is 5.97 Å². The first kappa shape index (κ1) is 15.5. The summed E-state index contributed by atoms with van der Waals surface area (Å²) in [7, 11) is 0. The van der Waals surface area contributed by atoms with Crippen LogP contribution in [0.15, 0.2) is 42.6 Å². The number of anilines is 1. The molecule has 0 aliphatic rings. The molecule has 7 heteroatoms. The quantitative estimate of drug-likeness (QED) is 0.691. The second-order valence-corrected chi connectivity index (χ2v) is 4.52. The third kappa shape index (κ3) is 4.04. The van der Waals surface area contributed by atoms with E-state index in [1.54, 1.807) is 24.3 Å². The van der Waals surface area contributed by atoms with Crippen molar-refractivity contribution < 1.29 is 14.3 Å². The molecule has 0 unspecified atom stereocenters. The van der Waals surface area contributed by atoms with Crippen LogP contribution in [-0.2, 0) is 9.53 Å². The standard InChI is InChI=1S/C15H10ClN3O3/c16-14-12(5-2-6-18-14)19-13(20)9-22-15(21)11-4-1-3-10(7-11)8-17/h1-7H,9H2,(H,19,20). The van der Waals surface area contributed by atoms with E-state index in [1.165, 1.54) is 18.3 Å². The highest BCUT2D eigenvalue weighted by Gasteiger charge is 2.12. The van der Waals surface area contributed by atoms with Crippen LogP contribution in [0.1, 0.15) is 15.9 Å². The van der Waals surface area contributed by atoms with E-state index in [0.29, 0.717) is 11.3 Å². The average Bonchev–Trinajstić information content (AvgIpc) is 2.55. The Bertz CT molecular complexity index is 756. The van der Waals surface area contributed by atoms with E-state index in [-0.39, 0.29) is 10.7 Å². The third-order valence-electron chi connectivity index (χ3n) is 2.59. The van der Waals surface area contributed by atoms with Crippen LogP contribution in [0.2, 0.25) is 5.15 Å². The van der Waals surface area contributed by atoms with Crippen molar-refractivity contribution in [3.8, 4) is 6.07 Å². The van der Waals surface area contributed by atoms with Crippen LogP contribution in [0, 0.1) is 11.3 Å². The highest BCUT2D eigenvalue weighted by Crippen LogP contribution is 2.17. The van der Waals surface area contributed by atoms with Gasteiger partial charge in [-0.1, -0.05) is 17.7 Å². The lowest BCUT2D eigenvalue weighted by molar-refractivity contribution is -0.119. The van der Waals surface area contributed by atoms with Crippen molar-refractivity contribution >= 4 is 29.2 Å². The summed E-state index contributed by atoms with van der Waals surface area (Å²) in [6, 6.07) is 11.1. The Morgan fingerprint density at radius 1 is 1.32 bits per heavy atom. The number of halogens is 1. The largest absolute Gasteiger partial charge is 0.452 e. The highest BCUT2D eigenvalue weighted by molar-refractivity contribution is 6.32. The van der Waals surface area contributed by atoms with E-state index in [4.69, 9.17) is 21.6 Å². The Balaban J connectivity index is 1.92. The van der Waals surface area contributed by atoms with Gasteiger partial charge in [0.15, 0.2) is 11.8 Å². The fourth-order valence-corrected chi connectivity index (χ4v) is 1.76. The van der Waals surface area contributed by atoms with Crippen molar-refractivity contribution in [1.82, 2.24) is 4.98 Å². The maximum atomic E-state index is 11.8. The molecule has 0 saturated heterocycles. The van der Waals surface area contributed by atoms with Gasteiger partial charge in [0.2, 0.25) is 0 Å². The van der Waals surface area contributed by atoms with E-state index < -0.39 is 18.5 Å².